The van der Waals surface area contributed by atoms with Gasteiger partial charge in [-0.05, 0) is 48.7 Å². The van der Waals surface area contributed by atoms with Crippen molar-refractivity contribution >= 4 is 45.0 Å². The Bertz CT molecular complexity index is 886. The molecule has 0 aliphatic carbocycles. The molecule has 0 heterocycles. The number of nitrogens with zero attached hydrogens (tertiary/aromatic N) is 1. The highest BCUT2D eigenvalue weighted by Crippen LogP contribution is 2.27. The Balaban J connectivity index is 2.06. The fourth-order valence-corrected chi connectivity index (χ4v) is 3.95. The van der Waals surface area contributed by atoms with Crippen LogP contribution in [0.25, 0.3) is 0 Å². The molecule has 0 saturated heterocycles. The van der Waals surface area contributed by atoms with Crippen LogP contribution in [0.5, 0.6) is 5.75 Å². The minimum atomic E-state index is -3.75. The fourth-order valence-electron chi connectivity index (χ4n) is 2.16. The number of carbonyl (C=O) groups excluding carboxylic acids is 1. The predicted octanol–water partition coefficient (Wildman–Crippen LogP) is 3.33. The largest absolute Gasteiger partial charge is 0.495 e. The van der Waals surface area contributed by atoms with Crippen molar-refractivity contribution in [3.63, 3.8) is 0 Å². The maximum atomic E-state index is 12.6. The Kier molecular flexibility index (Phi) is 6.94. The van der Waals surface area contributed by atoms with E-state index in [1.165, 1.54) is 44.1 Å². The summed E-state index contributed by atoms with van der Waals surface area (Å²) in [6.45, 7) is -0.323. The predicted molar refractivity (Wildman–Crippen MR) is 105 cm³/mol. The lowest BCUT2D eigenvalue weighted by Crippen LogP contribution is -2.34. The van der Waals surface area contributed by atoms with Gasteiger partial charge in [0.25, 0.3) is 0 Å². The number of nitrogens with one attached hydrogen (secondary N) is 1. The van der Waals surface area contributed by atoms with Crippen molar-refractivity contribution in [2.75, 3.05) is 32.3 Å². The molecule has 6 nitrogen and oxygen atoms in total. The molecule has 26 heavy (non-hydrogen) atoms. The standard InChI is InChI=1S/C17H19ClN2O4S2/c1-20(26(22,23)14-7-5-13(25-3)6-8-14)11-17(21)19-12-4-9-16(24-2)15(18)10-12/h4-10H,11H2,1-3H3,(H,19,21). The van der Waals surface area contributed by atoms with E-state index in [2.05, 4.69) is 5.32 Å². The summed E-state index contributed by atoms with van der Waals surface area (Å²) in [4.78, 5) is 13.3. The van der Waals surface area contributed by atoms with E-state index in [1.54, 1.807) is 24.3 Å². The van der Waals surface area contributed by atoms with Gasteiger partial charge in [-0.3, -0.25) is 4.79 Å². The van der Waals surface area contributed by atoms with Crippen LogP contribution in [-0.2, 0) is 14.8 Å². The van der Waals surface area contributed by atoms with Crippen molar-refractivity contribution in [2.24, 2.45) is 0 Å². The number of halogens is 1. The molecule has 0 fully saturated rings. The summed E-state index contributed by atoms with van der Waals surface area (Å²) in [6.07, 6.45) is 1.91. The average molecular weight is 415 g/mol. The third kappa shape index (κ3) is 4.91. The summed E-state index contributed by atoms with van der Waals surface area (Å²) in [5, 5.41) is 2.97. The Morgan fingerprint density at radius 3 is 2.42 bits per heavy atom. The first-order chi connectivity index (χ1) is 12.3. The molecule has 0 unspecified atom stereocenters. The molecule has 1 N–H and O–H groups in total. The summed E-state index contributed by atoms with van der Waals surface area (Å²) in [5.41, 5.74) is 0.455. The molecule has 0 aliphatic heterocycles. The Morgan fingerprint density at radius 1 is 1.23 bits per heavy atom. The Morgan fingerprint density at radius 2 is 1.88 bits per heavy atom. The van der Waals surface area contributed by atoms with E-state index in [-0.39, 0.29) is 11.4 Å². The van der Waals surface area contributed by atoms with Crippen LogP contribution in [0.1, 0.15) is 0 Å². The van der Waals surface area contributed by atoms with Crippen molar-refractivity contribution < 1.29 is 17.9 Å². The van der Waals surface area contributed by atoms with E-state index in [0.29, 0.717) is 16.5 Å². The molecule has 0 bridgehead atoms. The number of amides is 1. The number of sulfonamides is 1. The molecular formula is C17H19ClN2O4S2. The Labute approximate surface area is 162 Å². The normalized spacial score (nSPS) is 11.4. The van der Waals surface area contributed by atoms with Crippen LogP contribution in [0.3, 0.4) is 0 Å². The highest BCUT2D eigenvalue weighted by atomic mass is 35.5. The van der Waals surface area contributed by atoms with Crippen molar-refractivity contribution in [1.82, 2.24) is 4.31 Å². The van der Waals surface area contributed by atoms with Gasteiger partial charge in [0.2, 0.25) is 15.9 Å². The third-order valence-electron chi connectivity index (χ3n) is 3.57. The zero-order chi connectivity index (χ0) is 19.3. The van der Waals surface area contributed by atoms with Gasteiger partial charge in [-0.25, -0.2) is 8.42 Å². The minimum Gasteiger partial charge on any atom is -0.495 e. The van der Waals surface area contributed by atoms with Gasteiger partial charge in [0, 0.05) is 17.6 Å². The second kappa shape index (κ2) is 8.77. The van der Waals surface area contributed by atoms with Gasteiger partial charge in [0.05, 0.1) is 23.6 Å². The molecule has 2 aromatic rings. The number of benzene rings is 2. The molecule has 0 aromatic heterocycles. The molecule has 0 saturated carbocycles. The van der Waals surface area contributed by atoms with Gasteiger partial charge in [-0.15, -0.1) is 11.8 Å². The topological polar surface area (TPSA) is 75.7 Å². The minimum absolute atomic E-state index is 0.137. The first kappa shape index (κ1) is 20.6. The van der Waals surface area contributed by atoms with Crippen molar-refractivity contribution in [3.8, 4) is 5.75 Å². The Hall–Kier alpha value is -1.74. The van der Waals surface area contributed by atoms with Crippen LogP contribution in [0.4, 0.5) is 5.69 Å². The number of ether oxygens (including phenoxy) is 1. The SMILES string of the molecule is COc1ccc(NC(=O)CN(C)S(=O)(=O)c2ccc(SC)cc2)cc1Cl. The lowest BCUT2D eigenvalue weighted by molar-refractivity contribution is -0.116. The molecule has 9 heteroatoms. The van der Waals surface area contributed by atoms with Crippen molar-refractivity contribution in [2.45, 2.75) is 9.79 Å². The lowest BCUT2D eigenvalue weighted by Gasteiger charge is -2.17. The summed E-state index contributed by atoms with van der Waals surface area (Å²) >= 11 is 7.53. The van der Waals surface area contributed by atoms with Crippen molar-refractivity contribution in [1.29, 1.82) is 0 Å². The monoisotopic (exact) mass is 414 g/mol. The number of rotatable bonds is 7. The van der Waals surface area contributed by atoms with E-state index in [9.17, 15) is 13.2 Å². The van der Waals surface area contributed by atoms with E-state index in [1.807, 2.05) is 6.26 Å². The van der Waals surface area contributed by atoms with Gasteiger partial charge in [-0.2, -0.15) is 4.31 Å². The summed E-state index contributed by atoms with van der Waals surface area (Å²) in [6, 6.07) is 11.3. The molecule has 2 rings (SSSR count). The number of hydrogen-bond donors (Lipinski definition) is 1. The van der Waals surface area contributed by atoms with Gasteiger partial charge in [-0.1, -0.05) is 11.6 Å². The first-order valence-corrected chi connectivity index (χ1v) is 10.6. The van der Waals surface area contributed by atoms with Gasteiger partial charge in [0.15, 0.2) is 0 Å². The molecule has 140 valence electrons. The molecule has 0 radical (unpaired) electrons. The van der Waals surface area contributed by atoms with E-state index < -0.39 is 15.9 Å². The third-order valence-corrected chi connectivity index (χ3v) is 6.43. The highest BCUT2D eigenvalue weighted by Gasteiger charge is 2.23. The van der Waals surface area contributed by atoms with E-state index in [0.717, 1.165) is 9.20 Å². The van der Waals surface area contributed by atoms with Gasteiger partial charge >= 0.3 is 0 Å². The smallest absolute Gasteiger partial charge is 0.243 e. The summed E-state index contributed by atoms with van der Waals surface area (Å²) in [7, 11) is -0.902. The molecule has 0 atom stereocenters. The van der Waals surface area contributed by atoms with Gasteiger partial charge < -0.3 is 10.1 Å². The number of anilines is 1. The molecule has 0 spiro atoms. The molecule has 1 amide bonds. The van der Waals surface area contributed by atoms with E-state index in [4.69, 9.17) is 16.3 Å². The maximum absolute atomic E-state index is 12.6. The molecule has 0 aliphatic rings. The zero-order valence-corrected chi connectivity index (χ0v) is 16.9. The number of carbonyl (C=O) groups is 1. The van der Waals surface area contributed by atoms with Crippen LogP contribution < -0.4 is 10.1 Å². The van der Waals surface area contributed by atoms with Gasteiger partial charge in [0.1, 0.15) is 5.75 Å². The van der Waals surface area contributed by atoms with Crippen LogP contribution in [0.15, 0.2) is 52.3 Å². The fraction of sp³-hybridized carbons (Fsp3) is 0.235. The van der Waals surface area contributed by atoms with E-state index >= 15 is 0 Å². The summed E-state index contributed by atoms with van der Waals surface area (Å²) in [5.74, 6) is 0.0103. The lowest BCUT2D eigenvalue weighted by atomic mass is 10.3. The zero-order valence-electron chi connectivity index (χ0n) is 14.5. The number of likely N-dealkylation sites (N-methyl/N-ethyl adjacent to an activating group) is 1. The number of thioether (sulfide) groups is 1. The average Bonchev–Trinajstić information content (AvgIpc) is 2.61. The second-order valence-corrected chi connectivity index (χ2v) is 8.67. The van der Waals surface area contributed by atoms with Crippen molar-refractivity contribution in [3.05, 3.63) is 47.5 Å². The number of hydrogen-bond acceptors (Lipinski definition) is 5. The van der Waals surface area contributed by atoms with Crippen LogP contribution in [-0.4, -0.2) is 45.6 Å². The quantitative estimate of drug-likeness (QED) is 0.703. The maximum Gasteiger partial charge on any atom is 0.243 e. The number of methoxy groups -OCH3 is 1. The van der Waals surface area contributed by atoms with Crippen LogP contribution in [0, 0.1) is 0 Å². The summed E-state index contributed by atoms with van der Waals surface area (Å²) < 4.78 is 31.2. The second-order valence-electron chi connectivity index (χ2n) is 5.33. The molecular weight excluding hydrogens is 396 g/mol. The first-order valence-electron chi connectivity index (χ1n) is 7.51. The van der Waals surface area contributed by atoms with Crippen LogP contribution >= 0.6 is 23.4 Å². The van der Waals surface area contributed by atoms with Crippen LogP contribution in [0.2, 0.25) is 5.02 Å². The molecule has 2 aromatic carbocycles. The highest BCUT2D eigenvalue weighted by molar-refractivity contribution is 7.98.